The van der Waals surface area contributed by atoms with E-state index in [0.717, 1.165) is 12.1 Å². The number of rotatable bonds is 4. The van der Waals surface area contributed by atoms with Crippen molar-refractivity contribution in [2.45, 2.75) is 11.8 Å². The standard InChI is InChI=1S/C15H14FNO4S/c1-10-9-12(16)5-8-14(10)22(19,20)17-13-6-3-11(4-7-13)15(18)21-2/h3-9,17H,1-2H3. The number of methoxy groups -OCH3 is 1. The van der Waals surface area contributed by atoms with Gasteiger partial charge in [0.2, 0.25) is 0 Å². The van der Waals surface area contributed by atoms with E-state index in [1.165, 1.54) is 44.4 Å². The van der Waals surface area contributed by atoms with Crippen LogP contribution in [0.1, 0.15) is 15.9 Å². The predicted octanol–water partition coefficient (Wildman–Crippen LogP) is 2.72. The summed E-state index contributed by atoms with van der Waals surface area (Å²) < 4.78 is 44.6. The molecule has 0 aliphatic carbocycles. The van der Waals surface area contributed by atoms with E-state index in [1.54, 1.807) is 0 Å². The predicted molar refractivity (Wildman–Crippen MR) is 79.7 cm³/mol. The molecule has 0 spiro atoms. The van der Waals surface area contributed by atoms with E-state index in [2.05, 4.69) is 9.46 Å². The van der Waals surface area contributed by atoms with Gasteiger partial charge in [0.25, 0.3) is 10.0 Å². The van der Waals surface area contributed by atoms with Crippen LogP contribution in [0.5, 0.6) is 0 Å². The van der Waals surface area contributed by atoms with Gasteiger partial charge in [-0.3, -0.25) is 4.72 Å². The molecule has 1 N–H and O–H groups in total. The molecular formula is C15H14FNO4S. The number of ether oxygens (including phenoxy) is 1. The second-order valence-electron chi connectivity index (χ2n) is 4.58. The van der Waals surface area contributed by atoms with Crippen LogP contribution in [0, 0.1) is 12.7 Å². The highest BCUT2D eigenvalue weighted by atomic mass is 32.2. The maximum absolute atomic E-state index is 13.1. The van der Waals surface area contributed by atoms with Gasteiger partial charge in [0.05, 0.1) is 17.6 Å². The summed E-state index contributed by atoms with van der Waals surface area (Å²) in [4.78, 5) is 11.3. The minimum absolute atomic E-state index is 0.00838. The van der Waals surface area contributed by atoms with E-state index >= 15 is 0 Å². The molecule has 0 bridgehead atoms. The molecule has 2 aromatic rings. The first-order valence-corrected chi connectivity index (χ1v) is 7.79. The van der Waals surface area contributed by atoms with E-state index in [0.29, 0.717) is 11.1 Å². The van der Waals surface area contributed by atoms with Crippen molar-refractivity contribution in [1.82, 2.24) is 0 Å². The molecule has 116 valence electrons. The highest BCUT2D eigenvalue weighted by Crippen LogP contribution is 2.20. The van der Waals surface area contributed by atoms with Crippen molar-refractivity contribution >= 4 is 21.7 Å². The number of benzene rings is 2. The number of nitrogens with one attached hydrogen (secondary N) is 1. The second-order valence-corrected chi connectivity index (χ2v) is 6.24. The van der Waals surface area contributed by atoms with Crippen LogP contribution >= 0.6 is 0 Å². The molecular weight excluding hydrogens is 309 g/mol. The molecule has 0 aliphatic rings. The molecule has 0 atom stereocenters. The molecule has 22 heavy (non-hydrogen) atoms. The third-order valence-corrected chi connectivity index (χ3v) is 4.53. The van der Waals surface area contributed by atoms with Gasteiger partial charge in [-0.25, -0.2) is 17.6 Å². The lowest BCUT2D eigenvalue weighted by molar-refractivity contribution is 0.0601. The van der Waals surface area contributed by atoms with Crippen LogP contribution in [0.4, 0.5) is 10.1 Å². The summed E-state index contributed by atoms with van der Waals surface area (Å²) in [5.41, 5.74) is 0.901. The Kier molecular flexibility index (Phi) is 4.46. The third-order valence-electron chi connectivity index (χ3n) is 2.98. The summed E-state index contributed by atoms with van der Waals surface area (Å²) in [5.74, 6) is -1.01. The van der Waals surface area contributed by atoms with Gasteiger partial charge in [0.15, 0.2) is 0 Å². The summed E-state index contributed by atoms with van der Waals surface area (Å²) in [6, 6.07) is 9.22. The Labute approximate surface area is 127 Å². The Hall–Kier alpha value is -2.41. The number of aryl methyl sites for hydroxylation is 1. The summed E-state index contributed by atoms with van der Waals surface area (Å²) in [6.07, 6.45) is 0. The number of carbonyl (C=O) groups excluding carboxylic acids is 1. The fraction of sp³-hybridized carbons (Fsp3) is 0.133. The first-order valence-electron chi connectivity index (χ1n) is 6.31. The fourth-order valence-corrected chi connectivity index (χ4v) is 3.20. The van der Waals surface area contributed by atoms with Crippen LogP contribution in [0.15, 0.2) is 47.4 Å². The van der Waals surface area contributed by atoms with Crippen molar-refractivity contribution in [2.75, 3.05) is 11.8 Å². The zero-order chi connectivity index (χ0) is 16.3. The monoisotopic (exact) mass is 323 g/mol. The minimum atomic E-state index is -3.83. The van der Waals surface area contributed by atoms with Gasteiger partial charge >= 0.3 is 5.97 Å². The van der Waals surface area contributed by atoms with Gasteiger partial charge in [0, 0.05) is 5.69 Å². The van der Waals surface area contributed by atoms with E-state index in [4.69, 9.17) is 0 Å². The smallest absolute Gasteiger partial charge is 0.337 e. The lowest BCUT2D eigenvalue weighted by Crippen LogP contribution is -2.14. The van der Waals surface area contributed by atoms with E-state index in [9.17, 15) is 17.6 Å². The zero-order valence-corrected chi connectivity index (χ0v) is 12.8. The molecule has 2 aromatic carbocycles. The van der Waals surface area contributed by atoms with Gasteiger partial charge in [0.1, 0.15) is 5.82 Å². The Morgan fingerprint density at radius 3 is 2.32 bits per heavy atom. The summed E-state index contributed by atoms with van der Waals surface area (Å²) in [5, 5.41) is 0. The number of hydrogen-bond acceptors (Lipinski definition) is 4. The highest BCUT2D eigenvalue weighted by molar-refractivity contribution is 7.92. The molecule has 0 aliphatic heterocycles. The normalized spacial score (nSPS) is 11.0. The maximum Gasteiger partial charge on any atom is 0.337 e. The van der Waals surface area contributed by atoms with Crippen molar-refractivity contribution in [2.24, 2.45) is 0 Å². The third kappa shape index (κ3) is 3.43. The molecule has 0 fully saturated rings. The average molecular weight is 323 g/mol. The van der Waals surface area contributed by atoms with Gasteiger partial charge < -0.3 is 4.74 Å². The van der Waals surface area contributed by atoms with Crippen LogP contribution in [0.3, 0.4) is 0 Å². The lowest BCUT2D eigenvalue weighted by Gasteiger charge is -2.10. The molecule has 0 saturated heterocycles. The second kappa shape index (κ2) is 6.15. The van der Waals surface area contributed by atoms with Crippen molar-refractivity contribution in [3.05, 3.63) is 59.4 Å². The van der Waals surface area contributed by atoms with E-state index < -0.39 is 21.8 Å². The molecule has 5 nitrogen and oxygen atoms in total. The van der Waals surface area contributed by atoms with Crippen molar-refractivity contribution < 1.29 is 22.3 Å². The van der Waals surface area contributed by atoms with E-state index in [1.807, 2.05) is 0 Å². The number of carbonyl (C=O) groups is 1. The van der Waals surface area contributed by atoms with Crippen LogP contribution in [0.2, 0.25) is 0 Å². The van der Waals surface area contributed by atoms with Gasteiger partial charge in [-0.2, -0.15) is 0 Å². The molecule has 2 rings (SSSR count). The minimum Gasteiger partial charge on any atom is -0.465 e. The first kappa shape index (κ1) is 16.0. The van der Waals surface area contributed by atoms with Crippen LogP contribution in [-0.4, -0.2) is 21.5 Å². The molecule has 0 amide bonds. The number of halogens is 1. The Bertz CT molecular complexity index is 801. The number of sulfonamides is 1. The fourth-order valence-electron chi connectivity index (χ4n) is 1.92. The van der Waals surface area contributed by atoms with Crippen molar-refractivity contribution in [3.8, 4) is 0 Å². The summed E-state index contributed by atoms with van der Waals surface area (Å²) in [7, 11) is -2.57. The van der Waals surface area contributed by atoms with Gasteiger partial charge in [-0.15, -0.1) is 0 Å². The highest BCUT2D eigenvalue weighted by Gasteiger charge is 2.17. The molecule has 0 heterocycles. The van der Waals surface area contributed by atoms with Crippen molar-refractivity contribution in [1.29, 1.82) is 0 Å². The Morgan fingerprint density at radius 2 is 1.77 bits per heavy atom. The molecule has 0 radical (unpaired) electrons. The van der Waals surface area contributed by atoms with Crippen LogP contribution in [0.25, 0.3) is 0 Å². The molecule has 0 saturated carbocycles. The largest absolute Gasteiger partial charge is 0.465 e. The maximum atomic E-state index is 13.1. The van der Waals surface area contributed by atoms with Crippen LogP contribution in [-0.2, 0) is 14.8 Å². The Morgan fingerprint density at radius 1 is 1.14 bits per heavy atom. The number of hydrogen-bond donors (Lipinski definition) is 1. The zero-order valence-electron chi connectivity index (χ0n) is 12.0. The average Bonchev–Trinajstić information content (AvgIpc) is 2.46. The topological polar surface area (TPSA) is 72.5 Å². The summed E-state index contributed by atoms with van der Waals surface area (Å²) >= 11 is 0. The van der Waals surface area contributed by atoms with Crippen LogP contribution < -0.4 is 4.72 Å². The summed E-state index contributed by atoms with van der Waals surface area (Å²) in [6.45, 7) is 1.51. The quantitative estimate of drug-likeness (QED) is 0.878. The Balaban J connectivity index is 2.27. The first-order chi connectivity index (χ1) is 10.3. The molecule has 0 aromatic heterocycles. The lowest BCUT2D eigenvalue weighted by atomic mass is 10.2. The van der Waals surface area contributed by atoms with Gasteiger partial charge in [-0.05, 0) is 55.0 Å². The number of anilines is 1. The van der Waals surface area contributed by atoms with Gasteiger partial charge in [-0.1, -0.05) is 0 Å². The molecule has 0 unspecified atom stereocenters. The SMILES string of the molecule is COC(=O)c1ccc(NS(=O)(=O)c2ccc(F)cc2C)cc1. The number of esters is 1. The van der Waals surface area contributed by atoms with E-state index in [-0.39, 0.29) is 10.6 Å². The van der Waals surface area contributed by atoms with Crippen molar-refractivity contribution in [3.63, 3.8) is 0 Å². The molecule has 7 heteroatoms.